The number of nitrogens with one attached hydrogen (secondary N) is 1. The number of halogens is 1. The number of anilines is 3. The molecule has 0 spiro atoms. The van der Waals surface area contributed by atoms with Gasteiger partial charge >= 0.3 is 5.97 Å². The molecule has 0 aliphatic carbocycles. The SMILES string of the molecule is CCC(CC(=O)OC)c1ccc(N(CC)C2CCCOC2)c(Nc2ccc(Cl)cc2)c1. The number of rotatable bonds is 9. The van der Waals surface area contributed by atoms with Crippen molar-refractivity contribution in [3.63, 3.8) is 0 Å². The number of ether oxygens (including phenoxy) is 2. The average molecular weight is 445 g/mol. The highest BCUT2D eigenvalue weighted by molar-refractivity contribution is 6.30. The molecule has 1 fully saturated rings. The first kappa shape index (κ1) is 23.4. The Bertz CT molecular complexity index is 850. The topological polar surface area (TPSA) is 50.8 Å². The molecule has 5 nitrogen and oxygen atoms in total. The van der Waals surface area contributed by atoms with Gasteiger partial charge in [0.15, 0.2) is 0 Å². The number of carbonyl (C=O) groups excluding carboxylic acids is 1. The van der Waals surface area contributed by atoms with Gasteiger partial charge in [0.05, 0.1) is 37.6 Å². The molecule has 2 unspecified atom stereocenters. The summed E-state index contributed by atoms with van der Waals surface area (Å²) in [7, 11) is 1.44. The molecule has 0 saturated carbocycles. The van der Waals surface area contributed by atoms with Crippen molar-refractivity contribution >= 4 is 34.6 Å². The van der Waals surface area contributed by atoms with Crippen molar-refractivity contribution in [3.8, 4) is 0 Å². The lowest BCUT2D eigenvalue weighted by molar-refractivity contribution is -0.141. The number of nitrogens with zero attached hydrogens (tertiary/aromatic N) is 1. The van der Waals surface area contributed by atoms with E-state index in [2.05, 4.69) is 42.3 Å². The van der Waals surface area contributed by atoms with E-state index in [-0.39, 0.29) is 11.9 Å². The fraction of sp³-hybridized carbons (Fsp3) is 0.480. The zero-order valence-electron chi connectivity index (χ0n) is 18.7. The van der Waals surface area contributed by atoms with E-state index < -0.39 is 0 Å². The van der Waals surface area contributed by atoms with E-state index in [9.17, 15) is 4.79 Å². The van der Waals surface area contributed by atoms with Crippen LogP contribution in [0, 0.1) is 0 Å². The molecule has 0 aromatic heterocycles. The molecule has 6 heteroatoms. The minimum absolute atomic E-state index is 0.111. The summed E-state index contributed by atoms with van der Waals surface area (Å²) in [6.07, 6.45) is 3.44. The smallest absolute Gasteiger partial charge is 0.306 e. The van der Waals surface area contributed by atoms with Gasteiger partial charge in [-0.2, -0.15) is 0 Å². The summed E-state index contributed by atoms with van der Waals surface area (Å²) in [4.78, 5) is 14.3. The molecular formula is C25H33ClN2O3. The number of likely N-dealkylation sites (N-methyl/N-ethyl adjacent to an activating group) is 1. The maximum absolute atomic E-state index is 11.9. The molecule has 0 bridgehead atoms. The van der Waals surface area contributed by atoms with Crippen molar-refractivity contribution in [3.05, 3.63) is 53.1 Å². The molecule has 0 amide bonds. The van der Waals surface area contributed by atoms with Gasteiger partial charge in [-0.3, -0.25) is 4.79 Å². The Kier molecular flexibility index (Phi) is 8.61. The van der Waals surface area contributed by atoms with Crippen molar-refractivity contribution in [2.24, 2.45) is 0 Å². The highest BCUT2D eigenvalue weighted by Crippen LogP contribution is 2.36. The lowest BCUT2D eigenvalue weighted by atomic mass is 9.92. The number of benzene rings is 2. The minimum atomic E-state index is -0.183. The van der Waals surface area contributed by atoms with E-state index in [0.717, 1.165) is 61.6 Å². The largest absolute Gasteiger partial charge is 0.469 e. The van der Waals surface area contributed by atoms with Crippen LogP contribution in [-0.2, 0) is 14.3 Å². The van der Waals surface area contributed by atoms with Crippen LogP contribution in [0.25, 0.3) is 0 Å². The normalized spacial score (nSPS) is 17.1. The zero-order chi connectivity index (χ0) is 22.2. The Hall–Kier alpha value is -2.24. The summed E-state index contributed by atoms with van der Waals surface area (Å²) in [5.41, 5.74) is 4.27. The second-order valence-corrected chi connectivity index (χ2v) is 8.39. The van der Waals surface area contributed by atoms with E-state index in [1.54, 1.807) is 0 Å². The molecule has 1 aliphatic rings. The van der Waals surface area contributed by atoms with Gasteiger partial charge in [0, 0.05) is 23.9 Å². The first-order valence-corrected chi connectivity index (χ1v) is 11.5. The third-order valence-corrected chi connectivity index (χ3v) is 6.23. The number of hydrogen-bond acceptors (Lipinski definition) is 5. The summed E-state index contributed by atoms with van der Waals surface area (Å²) in [6, 6.07) is 14.6. The highest BCUT2D eigenvalue weighted by Gasteiger charge is 2.24. The lowest BCUT2D eigenvalue weighted by Crippen LogP contribution is -2.41. The van der Waals surface area contributed by atoms with Crippen LogP contribution in [0.5, 0.6) is 0 Å². The first-order valence-electron chi connectivity index (χ1n) is 11.1. The summed E-state index contributed by atoms with van der Waals surface area (Å²) < 4.78 is 10.7. The molecule has 0 radical (unpaired) electrons. The van der Waals surface area contributed by atoms with Gasteiger partial charge in [0.25, 0.3) is 0 Å². The third kappa shape index (κ3) is 6.14. The van der Waals surface area contributed by atoms with E-state index >= 15 is 0 Å². The van der Waals surface area contributed by atoms with Gasteiger partial charge < -0.3 is 19.7 Å². The van der Waals surface area contributed by atoms with Crippen LogP contribution < -0.4 is 10.2 Å². The van der Waals surface area contributed by atoms with Gasteiger partial charge in [-0.05, 0) is 74.1 Å². The summed E-state index contributed by atoms with van der Waals surface area (Å²) in [6.45, 7) is 6.76. The fourth-order valence-electron chi connectivity index (χ4n) is 4.22. The lowest BCUT2D eigenvalue weighted by Gasteiger charge is -2.36. The molecule has 3 rings (SSSR count). The molecule has 1 aliphatic heterocycles. The molecule has 31 heavy (non-hydrogen) atoms. The molecule has 168 valence electrons. The predicted molar refractivity (Wildman–Crippen MR) is 128 cm³/mol. The molecular weight excluding hydrogens is 412 g/mol. The Balaban J connectivity index is 1.97. The molecule has 1 saturated heterocycles. The fourth-order valence-corrected chi connectivity index (χ4v) is 4.35. The van der Waals surface area contributed by atoms with E-state index in [4.69, 9.17) is 21.1 Å². The van der Waals surface area contributed by atoms with Crippen LogP contribution in [0.3, 0.4) is 0 Å². The third-order valence-electron chi connectivity index (χ3n) is 5.98. The second kappa shape index (κ2) is 11.4. The molecule has 1 N–H and O–H groups in total. The van der Waals surface area contributed by atoms with Crippen LogP contribution in [-0.4, -0.2) is 38.9 Å². The Morgan fingerprint density at radius 3 is 2.65 bits per heavy atom. The summed E-state index contributed by atoms with van der Waals surface area (Å²) in [5, 5.41) is 4.29. The van der Waals surface area contributed by atoms with Crippen LogP contribution in [0.2, 0.25) is 5.02 Å². The number of esters is 1. The maximum atomic E-state index is 11.9. The van der Waals surface area contributed by atoms with E-state index in [0.29, 0.717) is 17.5 Å². The number of methoxy groups -OCH3 is 1. The molecule has 1 heterocycles. The van der Waals surface area contributed by atoms with E-state index in [1.807, 2.05) is 24.3 Å². The molecule has 2 aromatic carbocycles. The van der Waals surface area contributed by atoms with Gasteiger partial charge in [0.1, 0.15) is 0 Å². The van der Waals surface area contributed by atoms with Gasteiger partial charge in [-0.15, -0.1) is 0 Å². The van der Waals surface area contributed by atoms with Crippen LogP contribution >= 0.6 is 11.6 Å². The summed E-state index contributed by atoms with van der Waals surface area (Å²) >= 11 is 6.07. The first-order chi connectivity index (χ1) is 15.0. The quantitative estimate of drug-likeness (QED) is 0.470. The Labute approximate surface area is 190 Å². The monoisotopic (exact) mass is 444 g/mol. The Morgan fingerprint density at radius 2 is 2.03 bits per heavy atom. The zero-order valence-corrected chi connectivity index (χ0v) is 19.5. The predicted octanol–water partition coefficient (Wildman–Crippen LogP) is 6.15. The van der Waals surface area contributed by atoms with Crippen molar-refractivity contribution < 1.29 is 14.3 Å². The van der Waals surface area contributed by atoms with Crippen LogP contribution in [0.1, 0.15) is 51.0 Å². The van der Waals surface area contributed by atoms with Crippen LogP contribution in [0.15, 0.2) is 42.5 Å². The van der Waals surface area contributed by atoms with Gasteiger partial charge in [0.2, 0.25) is 0 Å². The minimum Gasteiger partial charge on any atom is -0.469 e. The standard InChI is InChI=1S/C25H33ClN2O3/c1-4-18(16-25(29)30-3)19-8-13-24(28(5-2)22-7-6-14-31-17-22)23(15-19)27-21-11-9-20(26)10-12-21/h8-13,15,18,22,27H,4-7,14,16-17H2,1-3H3. The van der Waals surface area contributed by atoms with Crippen molar-refractivity contribution in [1.29, 1.82) is 0 Å². The van der Waals surface area contributed by atoms with Gasteiger partial charge in [-0.25, -0.2) is 0 Å². The number of carbonyl (C=O) groups is 1. The highest BCUT2D eigenvalue weighted by atomic mass is 35.5. The molecule has 2 aromatic rings. The van der Waals surface area contributed by atoms with Crippen LogP contribution in [0.4, 0.5) is 17.1 Å². The van der Waals surface area contributed by atoms with Crippen molar-refractivity contribution in [2.45, 2.75) is 51.5 Å². The van der Waals surface area contributed by atoms with E-state index in [1.165, 1.54) is 7.11 Å². The molecule has 2 atom stereocenters. The van der Waals surface area contributed by atoms with Gasteiger partial charge in [-0.1, -0.05) is 24.6 Å². The number of hydrogen-bond donors (Lipinski definition) is 1. The average Bonchev–Trinajstić information content (AvgIpc) is 2.81. The second-order valence-electron chi connectivity index (χ2n) is 7.95. The summed E-state index contributed by atoms with van der Waals surface area (Å²) in [5.74, 6) is -0.0713. The van der Waals surface area contributed by atoms with Crippen molar-refractivity contribution in [2.75, 3.05) is 37.1 Å². The van der Waals surface area contributed by atoms with Crippen molar-refractivity contribution in [1.82, 2.24) is 0 Å². The Morgan fingerprint density at radius 1 is 1.26 bits per heavy atom. The maximum Gasteiger partial charge on any atom is 0.306 e.